The van der Waals surface area contributed by atoms with E-state index in [9.17, 15) is 18.4 Å². The van der Waals surface area contributed by atoms with Crippen LogP contribution in [0.25, 0.3) is 0 Å². The first-order valence-corrected chi connectivity index (χ1v) is 7.84. The Morgan fingerprint density at radius 3 is 2.04 bits per heavy atom. The molecule has 2 rings (SSSR count). The number of alkyl halides is 2. The van der Waals surface area contributed by atoms with Crippen LogP contribution in [0.1, 0.15) is 41.5 Å². The lowest BCUT2D eigenvalue weighted by molar-refractivity contribution is -0.0335. The second-order valence-corrected chi connectivity index (χ2v) is 8.13. The second-order valence-electron chi connectivity index (χ2n) is 8.13. The average molecular weight is 349 g/mol. The molecular formula is C15H25F2N3O4. The Morgan fingerprint density at radius 1 is 1.04 bits per heavy atom. The summed E-state index contributed by atoms with van der Waals surface area (Å²) in [5.41, 5.74) is 0.936. The number of halogens is 2. The second kappa shape index (κ2) is 5.72. The van der Waals surface area contributed by atoms with Gasteiger partial charge in [-0.25, -0.2) is 28.8 Å². The third-order valence-electron chi connectivity index (χ3n) is 3.53. The van der Waals surface area contributed by atoms with E-state index in [1.165, 1.54) is 0 Å². The van der Waals surface area contributed by atoms with Crippen molar-refractivity contribution >= 4 is 12.2 Å². The molecule has 0 saturated carbocycles. The van der Waals surface area contributed by atoms with Crippen LogP contribution in [-0.2, 0) is 9.47 Å². The molecule has 7 nitrogen and oxygen atoms in total. The maximum Gasteiger partial charge on any atom is 0.424 e. The van der Waals surface area contributed by atoms with Crippen molar-refractivity contribution in [1.29, 1.82) is 0 Å². The summed E-state index contributed by atoms with van der Waals surface area (Å²) in [5.74, 6) is -3.17. The molecule has 0 radical (unpaired) electrons. The van der Waals surface area contributed by atoms with Gasteiger partial charge in [0.15, 0.2) is 0 Å². The van der Waals surface area contributed by atoms with Crippen molar-refractivity contribution in [1.82, 2.24) is 15.3 Å². The number of amides is 2. The van der Waals surface area contributed by atoms with Crippen LogP contribution < -0.4 is 5.43 Å². The van der Waals surface area contributed by atoms with E-state index in [0.29, 0.717) is 0 Å². The van der Waals surface area contributed by atoms with Crippen LogP contribution in [0.5, 0.6) is 0 Å². The molecule has 0 spiro atoms. The highest BCUT2D eigenvalue weighted by atomic mass is 19.3. The number of likely N-dealkylation sites (tertiary alicyclic amines) is 1. The molecule has 2 atom stereocenters. The van der Waals surface area contributed by atoms with Crippen molar-refractivity contribution in [2.45, 2.75) is 70.8 Å². The Bertz CT molecular complexity index is 528. The molecule has 0 bridgehead atoms. The van der Waals surface area contributed by atoms with Crippen molar-refractivity contribution in [3.8, 4) is 0 Å². The molecule has 2 saturated heterocycles. The summed E-state index contributed by atoms with van der Waals surface area (Å²) in [5, 5.41) is 0.991. The highest BCUT2D eigenvalue weighted by Gasteiger charge is 2.61. The molecule has 2 aliphatic heterocycles. The first-order valence-electron chi connectivity index (χ1n) is 7.84. The molecule has 24 heavy (non-hydrogen) atoms. The first kappa shape index (κ1) is 18.7. The van der Waals surface area contributed by atoms with Crippen LogP contribution in [0.4, 0.5) is 18.4 Å². The number of hydrogen-bond acceptors (Lipinski definition) is 5. The van der Waals surface area contributed by atoms with Gasteiger partial charge in [0.1, 0.15) is 17.2 Å². The van der Waals surface area contributed by atoms with Gasteiger partial charge in [-0.2, -0.15) is 0 Å². The van der Waals surface area contributed by atoms with Gasteiger partial charge >= 0.3 is 12.2 Å². The van der Waals surface area contributed by atoms with Gasteiger partial charge in [0.25, 0.3) is 5.92 Å². The number of nitrogens with zero attached hydrogens (tertiary/aromatic N) is 2. The average Bonchev–Trinajstić information content (AvgIpc) is 2.85. The van der Waals surface area contributed by atoms with Crippen LogP contribution in [0.3, 0.4) is 0 Å². The van der Waals surface area contributed by atoms with E-state index >= 15 is 0 Å². The van der Waals surface area contributed by atoms with Crippen LogP contribution in [0, 0.1) is 0 Å². The number of fused-ring (bicyclic) bond motifs is 1. The maximum atomic E-state index is 14.2. The van der Waals surface area contributed by atoms with E-state index < -0.39 is 47.9 Å². The normalized spacial score (nSPS) is 26.3. The first-order chi connectivity index (χ1) is 10.7. The molecular weight excluding hydrogens is 324 g/mol. The van der Waals surface area contributed by atoms with Crippen molar-refractivity contribution < 1.29 is 27.8 Å². The lowest BCUT2D eigenvalue weighted by atomic mass is 10.1. The minimum atomic E-state index is -3.17. The Kier molecular flexibility index (Phi) is 4.45. The largest absolute Gasteiger partial charge is 0.444 e. The highest BCUT2D eigenvalue weighted by molar-refractivity contribution is 5.71. The third kappa shape index (κ3) is 4.06. The van der Waals surface area contributed by atoms with Crippen molar-refractivity contribution in [2.75, 3.05) is 13.1 Å². The summed E-state index contributed by atoms with van der Waals surface area (Å²) >= 11 is 0. The molecule has 0 aliphatic carbocycles. The molecule has 9 heteroatoms. The van der Waals surface area contributed by atoms with Gasteiger partial charge in [-0.3, -0.25) is 4.90 Å². The molecule has 138 valence electrons. The molecule has 2 fully saturated rings. The smallest absolute Gasteiger partial charge is 0.424 e. The number of nitrogens with one attached hydrogen (secondary N) is 1. The predicted octanol–water partition coefficient (Wildman–Crippen LogP) is 2.36. The van der Waals surface area contributed by atoms with Crippen molar-refractivity contribution in [2.24, 2.45) is 0 Å². The number of hydrogen-bond donors (Lipinski definition) is 1. The predicted molar refractivity (Wildman–Crippen MR) is 81.5 cm³/mol. The minimum absolute atomic E-state index is 0.0889. The van der Waals surface area contributed by atoms with E-state index in [1.54, 1.807) is 41.5 Å². The molecule has 0 aromatic heterocycles. The topological polar surface area (TPSA) is 71.1 Å². The van der Waals surface area contributed by atoms with Gasteiger partial charge in [-0.05, 0) is 41.5 Å². The molecule has 0 aromatic rings. The number of hydrazine groups is 1. The zero-order valence-corrected chi connectivity index (χ0v) is 14.9. The van der Waals surface area contributed by atoms with Gasteiger partial charge in [0.2, 0.25) is 0 Å². The Balaban J connectivity index is 2.12. The summed E-state index contributed by atoms with van der Waals surface area (Å²) in [6.07, 6.45) is -1.57. The van der Waals surface area contributed by atoms with Gasteiger partial charge < -0.3 is 9.47 Å². The zero-order chi connectivity index (χ0) is 18.5. The summed E-state index contributed by atoms with van der Waals surface area (Å²) in [6, 6.07) is -2.22. The summed E-state index contributed by atoms with van der Waals surface area (Å²) < 4.78 is 38.8. The van der Waals surface area contributed by atoms with Gasteiger partial charge in [-0.15, -0.1) is 0 Å². The third-order valence-corrected chi connectivity index (χ3v) is 3.53. The Morgan fingerprint density at radius 2 is 1.54 bits per heavy atom. The van der Waals surface area contributed by atoms with Crippen molar-refractivity contribution in [3.05, 3.63) is 0 Å². The SMILES string of the molecule is CC(C)(C)OC(=O)N1C[C@@H]2[C@H](N1)C(F)(F)CN2C(=O)OC(C)(C)C. The Labute approximate surface area is 140 Å². The molecule has 0 unspecified atom stereocenters. The van der Waals surface area contributed by atoms with E-state index in [-0.39, 0.29) is 6.54 Å². The maximum absolute atomic E-state index is 14.2. The summed E-state index contributed by atoms with van der Waals surface area (Å²) in [4.78, 5) is 25.3. The number of carbonyl (C=O) groups excluding carboxylic acids is 2. The lowest BCUT2D eigenvalue weighted by Gasteiger charge is -2.28. The lowest BCUT2D eigenvalue weighted by Crippen LogP contribution is -2.49. The van der Waals surface area contributed by atoms with Crippen molar-refractivity contribution in [3.63, 3.8) is 0 Å². The van der Waals surface area contributed by atoms with Crippen LogP contribution in [0.2, 0.25) is 0 Å². The zero-order valence-electron chi connectivity index (χ0n) is 14.9. The fourth-order valence-corrected chi connectivity index (χ4v) is 2.66. The van der Waals surface area contributed by atoms with E-state index in [0.717, 1.165) is 9.91 Å². The summed E-state index contributed by atoms with van der Waals surface area (Å²) in [7, 11) is 0. The Hall–Kier alpha value is -1.64. The van der Waals surface area contributed by atoms with Crippen LogP contribution >= 0.6 is 0 Å². The molecule has 2 heterocycles. The van der Waals surface area contributed by atoms with E-state index in [1.807, 2.05) is 0 Å². The highest BCUT2D eigenvalue weighted by Crippen LogP contribution is 2.37. The van der Waals surface area contributed by atoms with E-state index in [2.05, 4.69) is 5.43 Å². The number of rotatable bonds is 0. The van der Waals surface area contributed by atoms with E-state index in [4.69, 9.17) is 9.47 Å². The fraction of sp³-hybridized carbons (Fsp3) is 0.867. The monoisotopic (exact) mass is 349 g/mol. The number of carbonyl (C=O) groups is 2. The minimum Gasteiger partial charge on any atom is -0.444 e. The molecule has 1 N–H and O–H groups in total. The fourth-order valence-electron chi connectivity index (χ4n) is 2.66. The summed E-state index contributed by atoms with van der Waals surface area (Å²) in [6.45, 7) is 9.21. The number of ether oxygens (including phenoxy) is 2. The van der Waals surface area contributed by atoms with Gasteiger partial charge in [0.05, 0.1) is 19.1 Å². The van der Waals surface area contributed by atoms with Gasteiger partial charge in [0, 0.05) is 0 Å². The van der Waals surface area contributed by atoms with Gasteiger partial charge in [-0.1, -0.05) is 0 Å². The quantitative estimate of drug-likeness (QED) is 0.727. The molecule has 2 aliphatic rings. The standard InChI is InChI=1S/C15H25F2N3O4/c1-13(2,3)23-11(21)19-8-15(16,17)10-9(19)7-20(18-10)12(22)24-14(4,5)6/h9-10,18H,7-8H2,1-6H3/t9-,10+/m1/s1. The van der Waals surface area contributed by atoms with Crippen LogP contribution in [0.15, 0.2) is 0 Å². The van der Waals surface area contributed by atoms with Crippen LogP contribution in [-0.4, -0.2) is 64.4 Å². The molecule has 2 amide bonds. The molecule has 0 aromatic carbocycles.